The Hall–Kier alpha value is -2.18. The van der Waals surface area contributed by atoms with Crippen LogP contribution < -0.4 is 0 Å². The molecule has 0 N–H and O–H groups in total. The third-order valence-corrected chi connectivity index (χ3v) is 6.60. The Morgan fingerprint density at radius 2 is 1.62 bits per heavy atom. The van der Waals surface area contributed by atoms with Crippen molar-refractivity contribution in [1.29, 1.82) is 0 Å². The first-order valence-electron chi connectivity index (χ1n) is 8.78. The van der Waals surface area contributed by atoms with Crippen molar-refractivity contribution in [2.75, 3.05) is 32.4 Å². The van der Waals surface area contributed by atoms with Crippen LogP contribution in [0.25, 0.3) is 0 Å². The fourth-order valence-electron chi connectivity index (χ4n) is 3.26. The molecule has 1 aliphatic heterocycles. The number of nitrogens with zero attached hydrogens (tertiary/aromatic N) is 2. The van der Waals surface area contributed by atoms with Gasteiger partial charge in [0.15, 0.2) is 9.84 Å². The lowest BCUT2D eigenvalue weighted by atomic mass is 10.0. The summed E-state index contributed by atoms with van der Waals surface area (Å²) in [5, 5.41) is 0. The topological polar surface area (TPSA) is 57.7 Å². The van der Waals surface area contributed by atoms with Crippen molar-refractivity contribution in [3.8, 4) is 0 Å². The summed E-state index contributed by atoms with van der Waals surface area (Å²) in [4.78, 5) is 16.9. The monoisotopic (exact) mass is 372 g/mol. The third kappa shape index (κ3) is 4.31. The average molecular weight is 372 g/mol. The van der Waals surface area contributed by atoms with Crippen LogP contribution in [0.4, 0.5) is 0 Å². The molecular formula is C20H24N2O3S. The SMILES string of the molecule is CN1CCN(C(=O)CCS(=O)(=O)c2ccccc2)CC1c1ccccc1. The van der Waals surface area contributed by atoms with Crippen LogP contribution in [0.2, 0.25) is 0 Å². The summed E-state index contributed by atoms with van der Waals surface area (Å²) in [6.07, 6.45) is 0.0163. The number of hydrogen-bond acceptors (Lipinski definition) is 4. The van der Waals surface area contributed by atoms with Gasteiger partial charge in [-0.2, -0.15) is 0 Å². The molecule has 0 aliphatic carbocycles. The van der Waals surface area contributed by atoms with Crippen molar-refractivity contribution in [3.63, 3.8) is 0 Å². The molecule has 1 heterocycles. The van der Waals surface area contributed by atoms with Gasteiger partial charge in [-0.05, 0) is 24.7 Å². The first-order valence-corrected chi connectivity index (χ1v) is 10.4. The van der Waals surface area contributed by atoms with E-state index in [-0.39, 0.29) is 29.0 Å². The Morgan fingerprint density at radius 1 is 1.00 bits per heavy atom. The van der Waals surface area contributed by atoms with E-state index in [0.29, 0.717) is 13.1 Å². The molecule has 1 saturated heterocycles. The Labute approximate surface area is 155 Å². The van der Waals surface area contributed by atoms with Gasteiger partial charge in [0.25, 0.3) is 0 Å². The molecule has 1 unspecified atom stereocenters. The van der Waals surface area contributed by atoms with Crippen molar-refractivity contribution in [2.24, 2.45) is 0 Å². The zero-order valence-electron chi connectivity index (χ0n) is 14.9. The van der Waals surface area contributed by atoms with E-state index in [1.165, 1.54) is 5.56 Å². The maximum Gasteiger partial charge on any atom is 0.223 e. The minimum Gasteiger partial charge on any atom is -0.339 e. The zero-order chi connectivity index (χ0) is 18.6. The lowest BCUT2D eigenvalue weighted by Gasteiger charge is -2.39. The first-order chi connectivity index (χ1) is 12.5. The van der Waals surface area contributed by atoms with E-state index >= 15 is 0 Å². The third-order valence-electron chi connectivity index (χ3n) is 4.87. The van der Waals surface area contributed by atoms with Gasteiger partial charge in [0, 0.05) is 26.1 Å². The molecule has 26 heavy (non-hydrogen) atoms. The molecule has 1 amide bonds. The van der Waals surface area contributed by atoms with Gasteiger partial charge in [0.1, 0.15) is 0 Å². The van der Waals surface area contributed by atoms with Crippen LogP contribution in [0.3, 0.4) is 0 Å². The van der Waals surface area contributed by atoms with Crippen molar-refractivity contribution in [2.45, 2.75) is 17.4 Å². The predicted molar refractivity (Wildman–Crippen MR) is 102 cm³/mol. The standard InChI is InChI=1S/C20H24N2O3S/c1-21-13-14-22(16-19(21)17-8-4-2-5-9-17)20(23)12-15-26(24,25)18-10-6-3-7-11-18/h2-11,19H,12-16H2,1H3. The van der Waals surface area contributed by atoms with Crippen LogP contribution in [0.5, 0.6) is 0 Å². The highest BCUT2D eigenvalue weighted by Gasteiger charge is 2.29. The van der Waals surface area contributed by atoms with Crippen LogP contribution in [-0.4, -0.2) is 56.6 Å². The second-order valence-corrected chi connectivity index (χ2v) is 8.74. The first kappa shape index (κ1) is 18.6. The lowest BCUT2D eigenvalue weighted by molar-refractivity contribution is -0.133. The number of benzene rings is 2. The van der Waals surface area contributed by atoms with Gasteiger partial charge in [-0.25, -0.2) is 8.42 Å². The normalized spacial score (nSPS) is 18.7. The molecule has 5 nitrogen and oxygen atoms in total. The van der Waals surface area contributed by atoms with Crippen LogP contribution in [0, 0.1) is 0 Å². The number of hydrogen-bond donors (Lipinski definition) is 0. The van der Waals surface area contributed by atoms with Crippen molar-refractivity contribution < 1.29 is 13.2 Å². The lowest BCUT2D eigenvalue weighted by Crippen LogP contribution is -2.49. The fourth-order valence-corrected chi connectivity index (χ4v) is 4.51. The fraction of sp³-hybridized carbons (Fsp3) is 0.350. The minimum atomic E-state index is -3.43. The zero-order valence-corrected chi connectivity index (χ0v) is 15.7. The van der Waals surface area contributed by atoms with Crippen molar-refractivity contribution in [3.05, 3.63) is 66.2 Å². The number of carbonyl (C=O) groups is 1. The summed E-state index contributed by atoms with van der Waals surface area (Å²) in [7, 11) is -1.37. The van der Waals surface area contributed by atoms with Crippen LogP contribution in [0.1, 0.15) is 18.0 Å². The van der Waals surface area contributed by atoms with Gasteiger partial charge in [-0.1, -0.05) is 48.5 Å². The highest BCUT2D eigenvalue weighted by molar-refractivity contribution is 7.91. The second-order valence-electron chi connectivity index (χ2n) is 6.63. The van der Waals surface area contributed by atoms with E-state index in [0.717, 1.165) is 6.54 Å². The van der Waals surface area contributed by atoms with Gasteiger partial charge in [-0.3, -0.25) is 9.69 Å². The van der Waals surface area contributed by atoms with E-state index in [1.54, 1.807) is 35.2 Å². The molecule has 0 aromatic heterocycles. The Bertz CT molecular complexity index is 838. The molecule has 0 radical (unpaired) electrons. The average Bonchev–Trinajstić information content (AvgIpc) is 2.68. The molecule has 0 saturated carbocycles. The molecule has 6 heteroatoms. The summed E-state index contributed by atoms with van der Waals surface area (Å²) in [6.45, 7) is 1.99. The Morgan fingerprint density at radius 3 is 2.27 bits per heavy atom. The van der Waals surface area contributed by atoms with E-state index in [4.69, 9.17) is 0 Å². The van der Waals surface area contributed by atoms with Gasteiger partial charge in [0.05, 0.1) is 16.7 Å². The molecule has 2 aromatic carbocycles. The molecule has 1 fully saturated rings. The molecule has 0 spiro atoms. The van der Waals surface area contributed by atoms with Crippen LogP contribution in [-0.2, 0) is 14.6 Å². The summed E-state index contributed by atoms with van der Waals surface area (Å²) in [5.74, 6) is -0.253. The maximum atomic E-state index is 12.6. The van der Waals surface area contributed by atoms with E-state index < -0.39 is 9.84 Å². The second kappa shape index (κ2) is 8.01. The number of amides is 1. The molecule has 138 valence electrons. The number of carbonyl (C=O) groups excluding carboxylic acids is 1. The summed E-state index contributed by atoms with van der Waals surface area (Å²) in [5.41, 5.74) is 1.17. The number of sulfone groups is 1. The summed E-state index contributed by atoms with van der Waals surface area (Å²) in [6, 6.07) is 18.5. The highest BCUT2D eigenvalue weighted by atomic mass is 32.2. The van der Waals surface area contributed by atoms with Crippen LogP contribution >= 0.6 is 0 Å². The largest absolute Gasteiger partial charge is 0.339 e. The number of rotatable bonds is 5. The molecular weight excluding hydrogens is 348 g/mol. The number of likely N-dealkylation sites (N-methyl/N-ethyl adjacent to an activating group) is 1. The number of piperazine rings is 1. The smallest absolute Gasteiger partial charge is 0.223 e. The van der Waals surface area contributed by atoms with E-state index in [2.05, 4.69) is 24.1 Å². The van der Waals surface area contributed by atoms with Gasteiger partial charge in [-0.15, -0.1) is 0 Å². The molecule has 3 rings (SSSR count). The molecule has 0 bridgehead atoms. The van der Waals surface area contributed by atoms with Crippen molar-refractivity contribution >= 4 is 15.7 Å². The summed E-state index contributed by atoms with van der Waals surface area (Å²) < 4.78 is 24.8. The highest BCUT2D eigenvalue weighted by Crippen LogP contribution is 2.24. The molecule has 1 aliphatic rings. The van der Waals surface area contributed by atoms with E-state index in [9.17, 15) is 13.2 Å². The Balaban J connectivity index is 1.63. The quantitative estimate of drug-likeness (QED) is 0.809. The predicted octanol–water partition coefficient (Wildman–Crippen LogP) is 2.37. The summed E-state index contributed by atoms with van der Waals surface area (Å²) >= 11 is 0. The molecule has 2 aromatic rings. The van der Waals surface area contributed by atoms with Crippen molar-refractivity contribution in [1.82, 2.24) is 9.80 Å². The minimum absolute atomic E-state index is 0.0163. The Kier molecular flexibility index (Phi) is 5.74. The van der Waals surface area contributed by atoms with Crippen LogP contribution in [0.15, 0.2) is 65.6 Å². The van der Waals surface area contributed by atoms with E-state index in [1.807, 2.05) is 18.2 Å². The molecule has 1 atom stereocenters. The van der Waals surface area contributed by atoms with Gasteiger partial charge in [0.2, 0.25) is 5.91 Å². The maximum absolute atomic E-state index is 12.6. The van der Waals surface area contributed by atoms with Gasteiger partial charge < -0.3 is 4.90 Å². The van der Waals surface area contributed by atoms with Gasteiger partial charge >= 0.3 is 0 Å².